The second kappa shape index (κ2) is 8.48. The molecule has 0 bridgehead atoms. The maximum Gasteiger partial charge on any atom is 0.242 e. The number of ether oxygens (including phenoxy) is 1. The van der Waals surface area contributed by atoms with Crippen molar-refractivity contribution in [3.05, 3.63) is 0 Å². The highest BCUT2D eigenvalue weighted by molar-refractivity contribution is 5.82. The minimum atomic E-state index is -0.0439. The van der Waals surface area contributed by atoms with Crippen molar-refractivity contribution in [1.82, 2.24) is 9.80 Å². The Morgan fingerprint density at radius 3 is 2.39 bits per heavy atom. The Morgan fingerprint density at radius 2 is 1.70 bits per heavy atom. The summed E-state index contributed by atoms with van der Waals surface area (Å²) in [6, 6.07) is 0.410. The average molecular weight is 322 g/mol. The molecule has 1 saturated heterocycles. The van der Waals surface area contributed by atoms with Crippen LogP contribution in [0.4, 0.5) is 0 Å². The van der Waals surface area contributed by atoms with Gasteiger partial charge >= 0.3 is 0 Å². The van der Waals surface area contributed by atoms with Crippen LogP contribution in [0, 0.1) is 5.92 Å². The lowest BCUT2D eigenvalue weighted by atomic mass is 9.88. The molecular formula is C19H34N2O2. The molecule has 0 aromatic carbocycles. The molecule has 3 fully saturated rings. The van der Waals surface area contributed by atoms with E-state index >= 15 is 0 Å². The van der Waals surface area contributed by atoms with Crippen LogP contribution >= 0.6 is 0 Å². The molecule has 1 amide bonds. The van der Waals surface area contributed by atoms with Gasteiger partial charge in [0.1, 0.15) is 6.04 Å². The third-order valence-corrected chi connectivity index (χ3v) is 6.21. The summed E-state index contributed by atoms with van der Waals surface area (Å²) < 4.78 is 5.67. The van der Waals surface area contributed by atoms with E-state index in [0.717, 1.165) is 25.6 Å². The van der Waals surface area contributed by atoms with Gasteiger partial charge in [0.15, 0.2) is 0 Å². The predicted octanol–water partition coefficient (Wildman–Crippen LogP) is 3.06. The summed E-state index contributed by atoms with van der Waals surface area (Å²) in [6.07, 6.45) is 13.1. The molecule has 2 aliphatic carbocycles. The standard InChI is InChI=1S/C19H34N2O2/c1-20(17-10-6-3-7-11-17)19(22)18-15-23-13-12-21(18)14-16-8-4-2-5-9-16/h16-18H,2-15H2,1H3/t18-/m1/s1. The smallest absolute Gasteiger partial charge is 0.242 e. The normalized spacial score (nSPS) is 28.7. The topological polar surface area (TPSA) is 32.8 Å². The first-order valence-corrected chi connectivity index (χ1v) is 9.84. The molecule has 0 unspecified atom stereocenters. The zero-order valence-electron chi connectivity index (χ0n) is 14.8. The fourth-order valence-electron chi connectivity index (χ4n) is 4.67. The summed E-state index contributed by atoms with van der Waals surface area (Å²) in [5, 5.41) is 0. The van der Waals surface area contributed by atoms with Crippen molar-refractivity contribution in [2.75, 3.05) is 33.4 Å². The zero-order valence-corrected chi connectivity index (χ0v) is 14.8. The van der Waals surface area contributed by atoms with E-state index in [1.54, 1.807) is 0 Å². The molecule has 3 aliphatic rings. The lowest BCUT2D eigenvalue weighted by molar-refractivity contribution is -0.145. The molecule has 1 aliphatic heterocycles. The number of nitrogens with zero attached hydrogens (tertiary/aromatic N) is 2. The van der Waals surface area contributed by atoms with Crippen molar-refractivity contribution in [3.8, 4) is 0 Å². The highest BCUT2D eigenvalue weighted by Gasteiger charge is 2.35. The molecule has 3 rings (SSSR count). The maximum absolute atomic E-state index is 13.1. The van der Waals surface area contributed by atoms with Gasteiger partial charge in [-0.25, -0.2) is 0 Å². The predicted molar refractivity (Wildman–Crippen MR) is 92.4 cm³/mol. The third kappa shape index (κ3) is 4.48. The monoisotopic (exact) mass is 322 g/mol. The van der Waals surface area contributed by atoms with E-state index < -0.39 is 0 Å². The molecule has 0 N–H and O–H groups in total. The Labute approximate surface area is 141 Å². The quantitative estimate of drug-likeness (QED) is 0.797. The van der Waals surface area contributed by atoms with Gasteiger partial charge in [0.05, 0.1) is 13.2 Å². The first-order chi connectivity index (χ1) is 11.3. The number of hydrogen-bond acceptors (Lipinski definition) is 3. The summed E-state index contributed by atoms with van der Waals surface area (Å²) in [5.74, 6) is 1.09. The minimum absolute atomic E-state index is 0.0439. The molecule has 0 aromatic rings. The van der Waals surface area contributed by atoms with Crippen molar-refractivity contribution < 1.29 is 9.53 Å². The van der Waals surface area contributed by atoms with Gasteiger partial charge in [-0.3, -0.25) is 9.69 Å². The Morgan fingerprint density at radius 1 is 1.04 bits per heavy atom. The van der Waals surface area contributed by atoms with Crippen LogP contribution in [-0.2, 0) is 9.53 Å². The number of carbonyl (C=O) groups excluding carboxylic acids is 1. The third-order valence-electron chi connectivity index (χ3n) is 6.21. The molecule has 1 atom stereocenters. The summed E-state index contributed by atoms with van der Waals surface area (Å²) in [4.78, 5) is 17.5. The Bertz CT molecular complexity index is 376. The number of hydrogen-bond donors (Lipinski definition) is 0. The SMILES string of the molecule is CN(C(=O)[C@H]1COCCN1CC1CCCCC1)C1CCCCC1. The van der Waals surface area contributed by atoms with E-state index in [0.29, 0.717) is 18.6 Å². The Hall–Kier alpha value is -0.610. The van der Waals surface area contributed by atoms with Crippen molar-refractivity contribution in [2.24, 2.45) is 5.92 Å². The van der Waals surface area contributed by atoms with Crippen molar-refractivity contribution in [2.45, 2.75) is 76.3 Å². The first kappa shape index (κ1) is 17.2. The average Bonchev–Trinajstić information content (AvgIpc) is 2.62. The lowest BCUT2D eigenvalue weighted by Gasteiger charge is -2.41. The van der Waals surface area contributed by atoms with Crippen LogP contribution < -0.4 is 0 Å². The van der Waals surface area contributed by atoms with Gasteiger partial charge in [-0.1, -0.05) is 38.5 Å². The molecule has 0 radical (unpaired) electrons. The first-order valence-electron chi connectivity index (χ1n) is 9.84. The van der Waals surface area contributed by atoms with Gasteiger partial charge in [0.2, 0.25) is 5.91 Å². The van der Waals surface area contributed by atoms with Gasteiger partial charge in [-0.2, -0.15) is 0 Å². The van der Waals surface area contributed by atoms with Crippen LogP contribution in [-0.4, -0.2) is 61.1 Å². The highest BCUT2D eigenvalue weighted by Crippen LogP contribution is 2.27. The number of morpholine rings is 1. The van der Waals surface area contributed by atoms with Crippen LogP contribution in [0.5, 0.6) is 0 Å². The number of likely N-dealkylation sites (N-methyl/N-ethyl adjacent to an activating group) is 1. The van der Waals surface area contributed by atoms with Crippen LogP contribution in [0.25, 0.3) is 0 Å². The van der Waals surface area contributed by atoms with E-state index in [4.69, 9.17) is 4.74 Å². The second-order valence-corrected chi connectivity index (χ2v) is 7.83. The van der Waals surface area contributed by atoms with Gasteiger partial charge < -0.3 is 9.64 Å². The zero-order chi connectivity index (χ0) is 16.1. The molecule has 1 heterocycles. The minimum Gasteiger partial charge on any atom is -0.378 e. The van der Waals surface area contributed by atoms with Crippen LogP contribution in [0.1, 0.15) is 64.2 Å². The lowest BCUT2D eigenvalue weighted by Crippen LogP contribution is -2.56. The van der Waals surface area contributed by atoms with E-state index in [9.17, 15) is 4.79 Å². The fourth-order valence-corrected chi connectivity index (χ4v) is 4.67. The Balaban J connectivity index is 1.58. The van der Waals surface area contributed by atoms with Crippen LogP contribution in [0.3, 0.4) is 0 Å². The molecule has 23 heavy (non-hydrogen) atoms. The van der Waals surface area contributed by atoms with Crippen LogP contribution in [0.15, 0.2) is 0 Å². The Kier molecular flexibility index (Phi) is 6.35. The van der Waals surface area contributed by atoms with Crippen molar-refractivity contribution in [1.29, 1.82) is 0 Å². The fraction of sp³-hybridized carbons (Fsp3) is 0.947. The molecule has 4 nitrogen and oxygen atoms in total. The van der Waals surface area contributed by atoms with E-state index in [1.165, 1.54) is 64.2 Å². The molecule has 4 heteroatoms. The second-order valence-electron chi connectivity index (χ2n) is 7.83. The summed E-state index contributed by atoms with van der Waals surface area (Å²) in [7, 11) is 2.02. The van der Waals surface area contributed by atoms with Crippen molar-refractivity contribution >= 4 is 5.91 Å². The molecule has 2 saturated carbocycles. The van der Waals surface area contributed by atoms with Gasteiger partial charge in [0.25, 0.3) is 0 Å². The largest absolute Gasteiger partial charge is 0.378 e. The van der Waals surface area contributed by atoms with E-state index in [1.807, 2.05) is 11.9 Å². The highest BCUT2D eigenvalue weighted by atomic mass is 16.5. The van der Waals surface area contributed by atoms with E-state index in [-0.39, 0.29) is 6.04 Å². The maximum atomic E-state index is 13.1. The van der Waals surface area contributed by atoms with Gasteiger partial charge in [-0.15, -0.1) is 0 Å². The van der Waals surface area contributed by atoms with Gasteiger partial charge in [-0.05, 0) is 31.6 Å². The van der Waals surface area contributed by atoms with Gasteiger partial charge in [0, 0.05) is 26.2 Å². The molecule has 132 valence electrons. The summed E-state index contributed by atoms with van der Waals surface area (Å²) in [5.41, 5.74) is 0. The van der Waals surface area contributed by atoms with Crippen LogP contribution in [0.2, 0.25) is 0 Å². The number of rotatable bonds is 4. The number of amides is 1. The molecular weight excluding hydrogens is 288 g/mol. The molecule has 0 spiro atoms. The summed E-state index contributed by atoms with van der Waals surface area (Å²) >= 11 is 0. The van der Waals surface area contributed by atoms with E-state index in [2.05, 4.69) is 4.90 Å². The number of carbonyl (C=O) groups is 1. The molecule has 0 aromatic heterocycles. The summed E-state index contributed by atoms with van der Waals surface area (Å²) in [6.45, 7) is 3.38. The van der Waals surface area contributed by atoms with Crippen molar-refractivity contribution in [3.63, 3.8) is 0 Å².